The number of nitrogens with one attached hydrogen (secondary N) is 1. The average Bonchev–Trinajstić information content (AvgIpc) is 3.10. The topological polar surface area (TPSA) is 46.9 Å². The predicted octanol–water partition coefficient (Wildman–Crippen LogP) is 6.25. The van der Waals surface area contributed by atoms with E-state index in [1.54, 1.807) is 0 Å². The molecule has 0 unspecified atom stereocenters. The highest BCUT2D eigenvalue weighted by Crippen LogP contribution is 2.26. The summed E-state index contributed by atoms with van der Waals surface area (Å²) in [6, 6.07) is 24.7. The van der Waals surface area contributed by atoms with Crippen molar-refractivity contribution in [3.63, 3.8) is 0 Å². The van der Waals surface area contributed by atoms with E-state index in [1.807, 2.05) is 30.3 Å². The lowest BCUT2D eigenvalue weighted by Crippen LogP contribution is -2.14. The Bertz CT molecular complexity index is 1190. The van der Waals surface area contributed by atoms with Gasteiger partial charge in [0.05, 0.1) is 23.3 Å². The number of nitrogens with zero attached hydrogens (tertiary/aromatic N) is 2. The highest BCUT2D eigenvalue weighted by molar-refractivity contribution is 7.99. The van der Waals surface area contributed by atoms with Gasteiger partial charge in [-0.2, -0.15) is 0 Å². The third kappa shape index (κ3) is 5.17. The Balaban J connectivity index is 1.49. The van der Waals surface area contributed by atoms with Gasteiger partial charge >= 0.3 is 0 Å². The van der Waals surface area contributed by atoms with Crippen molar-refractivity contribution in [2.45, 2.75) is 38.4 Å². The van der Waals surface area contributed by atoms with Gasteiger partial charge in [0, 0.05) is 5.69 Å². The molecule has 0 aliphatic rings. The Kier molecular flexibility index (Phi) is 6.42. The van der Waals surface area contributed by atoms with Crippen molar-refractivity contribution >= 4 is 34.4 Å². The SMILES string of the molecule is Cc1cccc(Cn2c(SCC(=O)Nc3ccc(C(C)C)cc3)nc3ccccc32)c1. The number of anilines is 1. The molecule has 0 saturated heterocycles. The minimum Gasteiger partial charge on any atom is -0.325 e. The highest BCUT2D eigenvalue weighted by atomic mass is 32.2. The van der Waals surface area contributed by atoms with Crippen molar-refractivity contribution in [2.24, 2.45) is 0 Å². The van der Waals surface area contributed by atoms with Crippen LogP contribution in [-0.4, -0.2) is 21.2 Å². The third-order valence-corrected chi connectivity index (χ3v) is 6.21. The number of imidazole rings is 1. The molecule has 0 saturated carbocycles. The van der Waals surface area contributed by atoms with Crippen LogP contribution in [0.1, 0.15) is 36.5 Å². The Labute approximate surface area is 187 Å². The second kappa shape index (κ2) is 9.40. The van der Waals surface area contributed by atoms with Crippen LogP contribution in [0.25, 0.3) is 11.0 Å². The molecule has 4 nitrogen and oxygen atoms in total. The first kappa shape index (κ1) is 21.2. The third-order valence-electron chi connectivity index (χ3n) is 5.24. The number of amides is 1. The van der Waals surface area contributed by atoms with Crippen LogP contribution in [-0.2, 0) is 11.3 Å². The molecule has 0 aliphatic heterocycles. The summed E-state index contributed by atoms with van der Waals surface area (Å²) >= 11 is 1.47. The van der Waals surface area contributed by atoms with Crippen LogP contribution < -0.4 is 5.32 Å². The van der Waals surface area contributed by atoms with Crippen LogP contribution in [0.2, 0.25) is 0 Å². The molecule has 1 amide bonds. The molecule has 158 valence electrons. The second-order valence-corrected chi connectivity index (χ2v) is 9.01. The number of carbonyl (C=O) groups excluding carboxylic acids is 1. The number of hydrogen-bond donors (Lipinski definition) is 1. The van der Waals surface area contributed by atoms with E-state index in [4.69, 9.17) is 4.98 Å². The Morgan fingerprint density at radius 3 is 2.55 bits per heavy atom. The maximum atomic E-state index is 12.6. The Morgan fingerprint density at radius 2 is 1.81 bits per heavy atom. The summed E-state index contributed by atoms with van der Waals surface area (Å²) < 4.78 is 2.19. The van der Waals surface area contributed by atoms with Gasteiger partial charge in [-0.15, -0.1) is 0 Å². The molecular weight excluding hydrogens is 402 g/mol. The fourth-order valence-electron chi connectivity index (χ4n) is 3.59. The monoisotopic (exact) mass is 429 g/mol. The molecule has 5 heteroatoms. The molecule has 4 aromatic rings. The summed E-state index contributed by atoms with van der Waals surface area (Å²) in [6.07, 6.45) is 0. The summed E-state index contributed by atoms with van der Waals surface area (Å²) in [7, 11) is 0. The highest BCUT2D eigenvalue weighted by Gasteiger charge is 2.14. The Morgan fingerprint density at radius 1 is 1.03 bits per heavy atom. The van der Waals surface area contributed by atoms with Crippen LogP contribution in [0, 0.1) is 6.92 Å². The molecule has 1 heterocycles. The van der Waals surface area contributed by atoms with Crippen LogP contribution in [0.15, 0.2) is 78.0 Å². The molecule has 4 rings (SSSR count). The number of aromatic nitrogens is 2. The van der Waals surface area contributed by atoms with E-state index in [-0.39, 0.29) is 5.91 Å². The van der Waals surface area contributed by atoms with E-state index in [9.17, 15) is 4.79 Å². The number of thioether (sulfide) groups is 1. The number of fused-ring (bicyclic) bond motifs is 1. The molecule has 0 fully saturated rings. The molecule has 0 bridgehead atoms. The van der Waals surface area contributed by atoms with E-state index in [0.29, 0.717) is 11.7 Å². The van der Waals surface area contributed by atoms with E-state index in [1.165, 1.54) is 28.5 Å². The number of hydrogen-bond acceptors (Lipinski definition) is 3. The second-order valence-electron chi connectivity index (χ2n) is 8.07. The van der Waals surface area contributed by atoms with Gasteiger partial charge in [0.25, 0.3) is 0 Å². The molecule has 0 spiro atoms. The van der Waals surface area contributed by atoms with Gasteiger partial charge in [-0.05, 0) is 48.2 Å². The number of benzene rings is 3. The summed E-state index contributed by atoms with van der Waals surface area (Å²) in [5.74, 6) is 0.751. The smallest absolute Gasteiger partial charge is 0.234 e. The lowest BCUT2D eigenvalue weighted by atomic mass is 10.0. The maximum absolute atomic E-state index is 12.6. The number of aryl methyl sites for hydroxylation is 1. The minimum absolute atomic E-state index is 0.0311. The average molecular weight is 430 g/mol. The van der Waals surface area contributed by atoms with Crippen molar-refractivity contribution in [3.05, 3.63) is 89.5 Å². The van der Waals surface area contributed by atoms with Gasteiger partial charge in [-0.25, -0.2) is 4.98 Å². The predicted molar refractivity (Wildman–Crippen MR) is 130 cm³/mol. The van der Waals surface area contributed by atoms with Crippen molar-refractivity contribution < 1.29 is 4.79 Å². The Hall–Kier alpha value is -3.05. The molecule has 1 N–H and O–H groups in total. The fraction of sp³-hybridized carbons (Fsp3) is 0.231. The van der Waals surface area contributed by atoms with Crippen LogP contribution >= 0.6 is 11.8 Å². The van der Waals surface area contributed by atoms with Gasteiger partial charge in [0.1, 0.15) is 0 Å². The van der Waals surface area contributed by atoms with E-state index in [0.717, 1.165) is 28.4 Å². The minimum atomic E-state index is -0.0311. The zero-order chi connectivity index (χ0) is 21.8. The number of para-hydroxylation sites is 2. The van der Waals surface area contributed by atoms with E-state index < -0.39 is 0 Å². The number of carbonyl (C=O) groups is 1. The van der Waals surface area contributed by atoms with Crippen LogP contribution in [0.5, 0.6) is 0 Å². The number of rotatable bonds is 7. The van der Waals surface area contributed by atoms with Crippen molar-refractivity contribution in [1.29, 1.82) is 0 Å². The van der Waals surface area contributed by atoms with Gasteiger partial charge in [-0.3, -0.25) is 4.79 Å². The maximum Gasteiger partial charge on any atom is 0.234 e. The van der Waals surface area contributed by atoms with Gasteiger partial charge in [0.2, 0.25) is 5.91 Å². The molecule has 0 aliphatic carbocycles. The van der Waals surface area contributed by atoms with Crippen molar-refractivity contribution in [3.8, 4) is 0 Å². The molecule has 3 aromatic carbocycles. The first-order valence-corrected chi connectivity index (χ1v) is 11.5. The zero-order valence-corrected chi connectivity index (χ0v) is 18.9. The summed E-state index contributed by atoms with van der Waals surface area (Å²) in [5, 5.41) is 3.85. The fourth-order valence-corrected chi connectivity index (χ4v) is 4.40. The molecule has 0 radical (unpaired) electrons. The molecule has 0 atom stereocenters. The van der Waals surface area contributed by atoms with Crippen molar-refractivity contribution in [1.82, 2.24) is 9.55 Å². The van der Waals surface area contributed by atoms with Gasteiger partial charge in [-0.1, -0.05) is 79.7 Å². The van der Waals surface area contributed by atoms with Gasteiger partial charge < -0.3 is 9.88 Å². The van der Waals surface area contributed by atoms with E-state index in [2.05, 4.69) is 73.1 Å². The van der Waals surface area contributed by atoms with E-state index >= 15 is 0 Å². The summed E-state index contributed by atoms with van der Waals surface area (Å²) in [5.41, 5.74) is 6.57. The van der Waals surface area contributed by atoms with Crippen LogP contribution in [0.4, 0.5) is 5.69 Å². The normalized spacial score (nSPS) is 11.2. The van der Waals surface area contributed by atoms with Crippen molar-refractivity contribution in [2.75, 3.05) is 11.1 Å². The van der Waals surface area contributed by atoms with Gasteiger partial charge in [0.15, 0.2) is 5.16 Å². The quantitative estimate of drug-likeness (QED) is 0.353. The molecule has 31 heavy (non-hydrogen) atoms. The zero-order valence-electron chi connectivity index (χ0n) is 18.1. The lowest BCUT2D eigenvalue weighted by Gasteiger charge is -2.11. The largest absolute Gasteiger partial charge is 0.325 e. The standard InChI is InChI=1S/C26H27N3OS/c1-18(2)21-11-13-22(14-12-21)27-25(30)17-31-26-28-23-9-4-5-10-24(23)29(26)16-20-8-6-7-19(3)15-20/h4-15,18H,16-17H2,1-3H3,(H,27,30). The summed E-state index contributed by atoms with van der Waals surface area (Å²) in [4.78, 5) is 17.4. The molecular formula is C26H27N3OS. The lowest BCUT2D eigenvalue weighted by molar-refractivity contribution is -0.113. The van der Waals surface area contributed by atoms with Crippen LogP contribution in [0.3, 0.4) is 0 Å². The summed E-state index contributed by atoms with van der Waals surface area (Å²) in [6.45, 7) is 7.15. The first-order chi connectivity index (χ1) is 15.0. The first-order valence-electron chi connectivity index (χ1n) is 10.5. The molecule has 1 aromatic heterocycles.